The molecule has 0 aliphatic heterocycles. The molecule has 0 saturated heterocycles. The summed E-state index contributed by atoms with van der Waals surface area (Å²) >= 11 is 2.93. The van der Waals surface area contributed by atoms with Crippen LogP contribution in [0.3, 0.4) is 0 Å². The van der Waals surface area contributed by atoms with Gasteiger partial charge in [0.15, 0.2) is 5.78 Å². The molecule has 0 heterocycles. The molecule has 1 aromatic rings. The Morgan fingerprint density at radius 3 is 2.71 bits per heavy atom. The molecule has 0 bridgehead atoms. The van der Waals surface area contributed by atoms with Gasteiger partial charge in [-0.2, -0.15) is 0 Å². The van der Waals surface area contributed by atoms with Crippen LogP contribution in [-0.4, -0.2) is 17.0 Å². The maximum Gasteiger partial charge on any atom is 0.166 e. The predicted molar refractivity (Wildman–Crippen MR) is 61.5 cm³/mol. The summed E-state index contributed by atoms with van der Waals surface area (Å²) in [5.74, 6) is -2.09. The molecule has 1 aromatic carbocycles. The first-order valence-corrected chi connectivity index (χ1v) is 6.13. The van der Waals surface area contributed by atoms with Gasteiger partial charge in [0.2, 0.25) is 0 Å². The SMILES string of the molecule is O=C(Cc1c(F)ccc(Br)c1F)C(O)C1CC1. The molecule has 1 aliphatic rings. The number of aliphatic hydroxyl groups excluding tert-OH is 1. The number of rotatable bonds is 4. The summed E-state index contributed by atoms with van der Waals surface area (Å²) in [5, 5.41) is 9.56. The van der Waals surface area contributed by atoms with Crippen molar-refractivity contribution in [3.63, 3.8) is 0 Å². The Morgan fingerprint density at radius 2 is 2.12 bits per heavy atom. The van der Waals surface area contributed by atoms with Gasteiger partial charge in [0.05, 0.1) is 4.47 Å². The largest absolute Gasteiger partial charge is 0.385 e. The van der Waals surface area contributed by atoms with Crippen LogP contribution >= 0.6 is 15.9 Å². The highest BCUT2D eigenvalue weighted by molar-refractivity contribution is 9.10. The van der Waals surface area contributed by atoms with Gasteiger partial charge in [0, 0.05) is 12.0 Å². The molecule has 2 rings (SSSR count). The van der Waals surface area contributed by atoms with E-state index in [0.29, 0.717) is 0 Å². The Labute approximate surface area is 106 Å². The number of hydrogen-bond donors (Lipinski definition) is 1. The van der Waals surface area contributed by atoms with E-state index < -0.39 is 29.9 Å². The molecule has 1 fully saturated rings. The molecule has 0 radical (unpaired) electrons. The minimum Gasteiger partial charge on any atom is -0.385 e. The first kappa shape index (κ1) is 12.6. The van der Waals surface area contributed by atoms with E-state index in [1.807, 2.05) is 0 Å². The van der Waals surface area contributed by atoms with Crippen molar-refractivity contribution >= 4 is 21.7 Å². The highest BCUT2D eigenvalue weighted by atomic mass is 79.9. The fourth-order valence-corrected chi connectivity index (χ4v) is 2.06. The lowest BCUT2D eigenvalue weighted by Crippen LogP contribution is -2.25. The van der Waals surface area contributed by atoms with Crippen molar-refractivity contribution in [1.82, 2.24) is 0 Å². The standard InChI is InChI=1S/C12H11BrF2O2/c13-8-3-4-9(14)7(11(8)15)5-10(16)12(17)6-1-2-6/h3-4,6,12,17H,1-2,5H2. The van der Waals surface area contributed by atoms with Crippen molar-refractivity contribution in [2.75, 3.05) is 0 Å². The van der Waals surface area contributed by atoms with Gasteiger partial charge >= 0.3 is 0 Å². The molecule has 0 spiro atoms. The number of carbonyl (C=O) groups is 1. The van der Waals surface area contributed by atoms with Crippen molar-refractivity contribution in [1.29, 1.82) is 0 Å². The lowest BCUT2D eigenvalue weighted by Gasteiger charge is -2.10. The van der Waals surface area contributed by atoms with Crippen LogP contribution in [0.4, 0.5) is 8.78 Å². The van der Waals surface area contributed by atoms with Crippen LogP contribution in [0.5, 0.6) is 0 Å². The van der Waals surface area contributed by atoms with Crippen LogP contribution in [0.2, 0.25) is 0 Å². The van der Waals surface area contributed by atoms with Gasteiger partial charge < -0.3 is 5.11 Å². The number of aliphatic hydroxyl groups is 1. The quantitative estimate of drug-likeness (QED) is 0.868. The van der Waals surface area contributed by atoms with E-state index in [2.05, 4.69) is 15.9 Å². The summed E-state index contributed by atoms with van der Waals surface area (Å²) in [4.78, 5) is 11.6. The van der Waals surface area contributed by atoms with Crippen LogP contribution in [0.25, 0.3) is 0 Å². The molecular weight excluding hydrogens is 294 g/mol. The van der Waals surface area contributed by atoms with Gasteiger partial charge in [0.1, 0.15) is 17.7 Å². The third kappa shape index (κ3) is 2.72. The van der Waals surface area contributed by atoms with Crippen molar-refractivity contribution in [3.05, 3.63) is 33.8 Å². The highest BCUT2D eigenvalue weighted by Crippen LogP contribution is 2.33. The van der Waals surface area contributed by atoms with Gasteiger partial charge in [-0.1, -0.05) is 0 Å². The Balaban J connectivity index is 2.17. The summed E-state index contributed by atoms with van der Waals surface area (Å²) in [6, 6.07) is 2.34. The Morgan fingerprint density at radius 1 is 1.47 bits per heavy atom. The molecule has 5 heteroatoms. The van der Waals surface area contributed by atoms with Crippen molar-refractivity contribution in [3.8, 4) is 0 Å². The van der Waals surface area contributed by atoms with Crippen LogP contribution in [0, 0.1) is 17.6 Å². The lowest BCUT2D eigenvalue weighted by molar-refractivity contribution is -0.127. The summed E-state index contributed by atoms with van der Waals surface area (Å²) in [6.07, 6.45) is 0.106. The first-order chi connectivity index (χ1) is 8.00. The third-order valence-electron chi connectivity index (χ3n) is 2.89. The maximum absolute atomic E-state index is 13.6. The molecule has 0 aromatic heterocycles. The molecule has 1 saturated carbocycles. The molecular formula is C12H11BrF2O2. The molecule has 1 atom stereocenters. The topological polar surface area (TPSA) is 37.3 Å². The fourth-order valence-electron chi connectivity index (χ4n) is 1.68. The van der Waals surface area contributed by atoms with Crippen LogP contribution < -0.4 is 0 Å². The van der Waals surface area contributed by atoms with Crippen molar-refractivity contribution in [2.45, 2.75) is 25.4 Å². The average Bonchev–Trinajstić information content (AvgIpc) is 3.12. The molecule has 2 nitrogen and oxygen atoms in total. The smallest absolute Gasteiger partial charge is 0.166 e. The molecule has 1 N–H and O–H groups in total. The Kier molecular flexibility index (Phi) is 3.58. The zero-order valence-electron chi connectivity index (χ0n) is 8.92. The molecule has 92 valence electrons. The molecule has 1 aliphatic carbocycles. The Bertz CT molecular complexity index is 458. The van der Waals surface area contributed by atoms with Crippen molar-refractivity contribution < 1.29 is 18.7 Å². The third-order valence-corrected chi connectivity index (χ3v) is 3.50. The average molecular weight is 305 g/mol. The summed E-state index contributed by atoms with van der Waals surface area (Å²) < 4.78 is 27.1. The van der Waals surface area contributed by atoms with Crippen LogP contribution in [0.15, 0.2) is 16.6 Å². The van der Waals surface area contributed by atoms with E-state index in [-0.39, 0.29) is 16.0 Å². The second-order valence-corrected chi connectivity index (χ2v) is 5.10. The minimum absolute atomic E-state index is 0.0271. The summed E-state index contributed by atoms with van der Waals surface area (Å²) in [5.41, 5.74) is -0.288. The highest BCUT2D eigenvalue weighted by Gasteiger charge is 2.34. The number of carbonyl (C=O) groups excluding carboxylic acids is 1. The first-order valence-electron chi connectivity index (χ1n) is 5.34. The van der Waals surface area contributed by atoms with E-state index in [1.165, 1.54) is 6.07 Å². The van der Waals surface area contributed by atoms with Gasteiger partial charge in [-0.15, -0.1) is 0 Å². The van der Waals surface area contributed by atoms with Crippen LogP contribution in [-0.2, 0) is 11.2 Å². The number of ketones is 1. The zero-order chi connectivity index (χ0) is 12.6. The molecule has 1 unspecified atom stereocenters. The van der Waals surface area contributed by atoms with E-state index in [0.717, 1.165) is 18.9 Å². The van der Waals surface area contributed by atoms with Gasteiger partial charge in [-0.05, 0) is 46.8 Å². The normalized spacial score (nSPS) is 16.9. The molecule has 0 amide bonds. The lowest BCUT2D eigenvalue weighted by atomic mass is 10.0. The monoisotopic (exact) mass is 304 g/mol. The van der Waals surface area contributed by atoms with Gasteiger partial charge in [0.25, 0.3) is 0 Å². The number of hydrogen-bond acceptors (Lipinski definition) is 2. The Hall–Kier alpha value is -0.810. The minimum atomic E-state index is -1.09. The number of halogens is 3. The van der Waals surface area contributed by atoms with E-state index in [4.69, 9.17) is 0 Å². The fraction of sp³-hybridized carbons (Fsp3) is 0.417. The van der Waals surface area contributed by atoms with E-state index in [9.17, 15) is 18.7 Å². The van der Waals surface area contributed by atoms with Gasteiger partial charge in [-0.25, -0.2) is 8.78 Å². The van der Waals surface area contributed by atoms with E-state index in [1.54, 1.807) is 0 Å². The van der Waals surface area contributed by atoms with Gasteiger partial charge in [-0.3, -0.25) is 4.79 Å². The van der Waals surface area contributed by atoms with Crippen molar-refractivity contribution in [2.24, 2.45) is 5.92 Å². The summed E-state index contributed by atoms with van der Waals surface area (Å²) in [7, 11) is 0. The van der Waals surface area contributed by atoms with E-state index >= 15 is 0 Å². The number of Topliss-reactive ketones (excluding diaryl/α,β-unsaturated/α-hetero) is 1. The zero-order valence-corrected chi connectivity index (χ0v) is 10.5. The van der Waals surface area contributed by atoms with Crippen LogP contribution in [0.1, 0.15) is 18.4 Å². The predicted octanol–water partition coefficient (Wildman–Crippen LogP) is 2.61. The second-order valence-electron chi connectivity index (χ2n) is 4.25. The number of benzene rings is 1. The second kappa shape index (κ2) is 4.82. The molecule has 17 heavy (non-hydrogen) atoms. The summed E-state index contributed by atoms with van der Waals surface area (Å²) in [6.45, 7) is 0. The maximum atomic E-state index is 13.6.